The molecule has 5 heteroatoms. The molecule has 1 spiro atoms. The highest BCUT2D eigenvalue weighted by Gasteiger charge is 2.87. The molecule has 0 heterocycles. The van der Waals surface area contributed by atoms with Crippen molar-refractivity contribution >= 4 is 17.5 Å². The van der Waals surface area contributed by atoms with E-state index in [2.05, 4.69) is 27.7 Å². The Morgan fingerprint density at radius 3 is 2.53 bits per heavy atom. The second-order valence-electron chi connectivity index (χ2n) is 13.1. The van der Waals surface area contributed by atoms with Gasteiger partial charge in [-0.2, -0.15) is 0 Å². The number of aliphatic hydroxyl groups excluding tert-OH is 1. The van der Waals surface area contributed by atoms with E-state index in [1.807, 2.05) is 19.9 Å². The molecular weight excluding hydrogens is 452 g/mol. The van der Waals surface area contributed by atoms with Crippen LogP contribution >= 0.6 is 0 Å². The third-order valence-electron chi connectivity index (χ3n) is 11.1. The van der Waals surface area contributed by atoms with Crippen molar-refractivity contribution in [3.05, 3.63) is 34.1 Å². The van der Waals surface area contributed by atoms with Crippen LogP contribution in [0.2, 0.25) is 0 Å². The molecule has 36 heavy (non-hydrogen) atoms. The van der Waals surface area contributed by atoms with E-state index in [1.165, 1.54) is 0 Å². The van der Waals surface area contributed by atoms with Gasteiger partial charge in [-0.3, -0.25) is 9.59 Å². The van der Waals surface area contributed by atoms with E-state index in [1.54, 1.807) is 0 Å². The molecule has 5 nitrogen and oxygen atoms in total. The Morgan fingerprint density at radius 1 is 1.14 bits per heavy atom. The highest BCUT2D eigenvalue weighted by atomic mass is 16.5. The zero-order valence-electron chi connectivity index (χ0n) is 22.8. The van der Waals surface area contributed by atoms with Gasteiger partial charge in [0.2, 0.25) is 11.6 Å². The van der Waals surface area contributed by atoms with Crippen molar-refractivity contribution in [3.63, 3.8) is 0 Å². The number of rotatable bonds is 7. The number of hydrogen-bond acceptors (Lipinski definition) is 5. The van der Waals surface area contributed by atoms with E-state index < -0.39 is 17.5 Å². The highest BCUT2D eigenvalue weighted by molar-refractivity contribution is 6.51. The summed E-state index contributed by atoms with van der Waals surface area (Å²) in [6, 6.07) is 0. The second-order valence-corrected chi connectivity index (χ2v) is 13.1. The summed E-state index contributed by atoms with van der Waals surface area (Å²) in [4.78, 5) is 40.5. The largest absolute Gasteiger partial charge is 0.507 e. The van der Waals surface area contributed by atoms with Gasteiger partial charge in [0.05, 0.1) is 5.57 Å². The molecular formula is C31H42O5. The number of Topliss-reactive ketones (excluding diaryl/α,β-unsaturated/α-hetero) is 2. The van der Waals surface area contributed by atoms with Crippen LogP contribution in [-0.4, -0.2) is 28.7 Å². The van der Waals surface area contributed by atoms with E-state index in [9.17, 15) is 19.5 Å². The van der Waals surface area contributed by atoms with Gasteiger partial charge in [-0.05, 0) is 74.5 Å². The van der Waals surface area contributed by atoms with Gasteiger partial charge in [0.1, 0.15) is 17.4 Å². The lowest BCUT2D eigenvalue weighted by Crippen LogP contribution is -2.55. The van der Waals surface area contributed by atoms with Crippen molar-refractivity contribution < 1.29 is 24.2 Å². The number of carbonyl (C=O) groups is 3. The fraction of sp³-hybridized carbons (Fsp3) is 0.710. The van der Waals surface area contributed by atoms with Crippen molar-refractivity contribution in [3.8, 4) is 0 Å². The minimum Gasteiger partial charge on any atom is -0.507 e. The van der Waals surface area contributed by atoms with Crippen LogP contribution in [0.5, 0.6) is 0 Å². The van der Waals surface area contributed by atoms with Crippen LogP contribution < -0.4 is 0 Å². The standard InChI is InChI=1S/C31H42O5/c1-7-8-9-10-19-24(26(33)23(27(34)25(19)32)20-15-17(2)11-12-18(20)3)28(35)36-22-16-31-21(29(31,4)5)13-14-30(22,31)6/h15,18,20-22,33H,7-14,16H2,1-6H3/t18?,20-,21?,22?,30?,31?/m1/s1. The quantitative estimate of drug-likeness (QED) is 0.142. The number of ether oxygens (including phenoxy) is 1. The number of carbonyl (C=O) groups excluding carboxylic acids is 3. The van der Waals surface area contributed by atoms with Crippen LogP contribution in [0.15, 0.2) is 34.1 Å². The Morgan fingerprint density at radius 2 is 1.86 bits per heavy atom. The number of esters is 1. The molecule has 0 saturated heterocycles. The van der Waals surface area contributed by atoms with Crippen LogP contribution in [0.1, 0.15) is 99.3 Å². The van der Waals surface area contributed by atoms with Crippen molar-refractivity contribution in [1.82, 2.24) is 0 Å². The predicted octanol–water partition coefficient (Wildman–Crippen LogP) is 6.58. The lowest BCUT2D eigenvalue weighted by molar-refractivity contribution is -0.185. The van der Waals surface area contributed by atoms with Gasteiger partial charge in [0, 0.05) is 16.9 Å². The number of unbranched alkanes of at least 4 members (excludes halogenated alkanes) is 2. The maximum absolute atomic E-state index is 13.7. The van der Waals surface area contributed by atoms with Gasteiger partial charge in [-0.25, -0.2) is 4.79 Å². The zero-order chi connectivity index (χ0) is 26.2. The molecule has 6 atom stereocenters. The van der Waals surface area contributed by atoms with Gasteiger partial charge < -0.3 is 9.84 Å². The van der Waals surface area contributed by atoms with Crippen LogP contribution in [-0.2, 0) is 19.1 Å². The molecule has 0 aromatic rings. The lowest BCUT2D eigenvalue weighted by atomic mass is 9.53. The summed E-state index contributed by atoms with van der Waals surface area (Å²) in [5.74, 6) is -1.85. The third-order valence-corrected chi connectivity index (χ3v) is 11.1. The molecule has 0 bridgehead atoms. The van der Waals surface area contributed by atoms with Gasteiger partial charge in [0.25, 0.3) is 0 Å². The minimum atomic E-state index is -0.661. The molecule has 0 aromatic carbocycles. The average molecular weight is 495 g/mol. The summed E-state index contributed by atoms with van der Waals surface area (Å²) in [6.07, 6.45) is 9.43. The smallest absolute Gasteiger partial charge is 0.342 e. The van der Waals surface area contributed by atoms with Crippen LogP contribution in [0, 0.1) is 34.0 Å². The van der Waals surface area contributed by atoms with Crippen LogP contribution in [0.3, 0.4) is 0 Å². The topological polar surface area (TPSA) is 80.7 Å². The normalized spacial score (nSPS) is 38.9. The molecule has 3 fully saturated rings. The van der Waals surface area contributed by atoms with E-state index >= 15 is 0 Å². The third kappa shape index (κ3) is 3.23. The molecule has 3 saturated carbocycles. The summed E-state index contributed by atoms with van der Waals surface area (Å²) in [7, 11) is 0. The van der Waals surface area contributed by atoms with Gasteiger partial charge >= 0.3 is 5.97 Å². The first-order chi connectivity index (χ1) is 16.9. The van der Waals surface area contributed by atoms with Crippen LogP contribution in [0.25, 0.3) is 0 Å². The van der Waals surface area contributed by atoms with E-state index in [4.69, 9.17) is 4.74 Å². The fourth-order valence-electron chi connectivity index (χ4n) is 8.84. The van der Waals surface area contributed by atoms with Gasteiger partial charge in [-0.1, -0.05) is 59.1 Å². The van der Waals surface area contributed by atoms with E-state index in [0.717, 1.165) is 50.5 Å². The minimum absolute atomic E-state index is 0.0521. The molecule has 0 radical (unpaired) electrons. The Bertz CT molecular complexity index is 1120. The summed E-state index contributed by atoms with van der Waals surface area (Å²) in [5.41, 5.74) is 1.76. The van der Waals surface area contributed by atoms with Crippen molar-refractivity contribution in [2.75, 3.05) is 0 Å². The van der Waals surface area contributed by atoms with E-state index in [-0.39, 0.29) is 56.7 Å². The molecule has 0 amide bonds. The molecule has 5 aliphatic carbocycles. The number of aliphatic hydroxyl groups is 1. The first-order valence-corrected chi connectivity index (χ1v) is 14.1. The Balaban J connectivity index is 1.50. The Labute approximate surface area is 215 Å². The fourth-order valence-corrected chi connectivity index (χ4v) is 8.84. The van der Waals surface area contributed by atoms with Gasteiger partial charge in [0.15, 0.2) is 0 Å². The second kappa shape index (κ2) is 8.43. The van der Waals surface area contributed by atoms with Crippen molar-refractivity contribution in [1.29, 1.82) is 0 Å². The summed E-state index contributed by atoms with van der Waals surface area (Å²) >= 11 is 0. The first kappa shape index (κ1) is 25.5. The highest BCUT2D eigenvalue weighted by Crippen LogP contribution is 2.90. The number of hydrogen-bond donors (Lipinski definition) is 1. The molecule has 0 aromatic heterocycles. The monoisotopic (exact) mass is 494 g/mol. The average Bonchev–Trinajstić information content (AvgIpc) is 3.21. The number of ketones is 2. The van der Waals surface area contributed by atoms with Gasteiger partial charge in [-0.15, -0.1) is 0 Å². The molecule has 0 aliphatic heterocycles. The molecule has 5 aliphatic rings. The molecule has 5 unspecified atom stereocenters. The summed E-state index contributed by atoms with van der Waals surface area (Å²) in [6.45, 7) is 13.0. The predicted molar refractivity (Wildman–Crippen MR) is 138 cm³/mol. The summed E-state index contributed by atoms with van der Waals surface area (Å²) in [5, 5.41) is 11.5. The van der Waals surface area contributed by atoms with E-state index in [0.29, 0.717) is 18.8 Å². The Kier molecular flexibility index (Phi) is 5.96. The van der Waals surface area contributed by atoms with Crippen LogP contribution in [0.4, 0.5) is 0 Å². The lowest BCUT2D eigenvalue weighted by Gasteiger charge is -2.54. The Hall–Kier alpha value is -2.17. The SMILES string of the molecule is CCCCCC1=C(C(=O)OC2CC34C(CCC23C)C4(C)C)C(O)=C([C@@H]2C=C(C)CCC2C)C(=O)C1=O. The van der Waals surface area contributed by atoms with Crippen molar-refractivity contribution in [2.24, 2.45) is 34.0 Å². The first-order valence-electron chi connectivity index (χ1n) is 14.1. The maximum atomic E-state index is 13.7. The number of allylic oxidation sites excluding steroid dienone is 4. The molecule has 1 N–H and O–H groups in total. The maximum Gasteiger partial charge on any atom is 0.342 e. The summed E-state index contributed by atoms with van der Waals surface area (Å²) < 4.78 is 6.13. The molecule has 5 rings (SSSR count). The molecule has 196 valence electrons. The van der Waals surface area contributed by atoms with Crippen molar-refractivity contribution in [2.45, 2.75) is 105 Å². The zero-order valence-corrected chi connectivity index (χ0v) is 22.8.